The first-order valence-corrected chi connectivity index (χ1v) is 3.60. The van der Waals surface area contributed by atoms with E-state index in [9.17, 15) is 0 Å². The van der Waals surface area contributed by atoms with Crippen molar-refractivity contribution in [3.63, 3.8) is 0 Å². The lowest BCUT2D eigenvalue weighted by Gasteiger charge is -2.15. The van der Waals surface area contributed by atoms with E-state index in [0.29, 0.717) is 6.54 Å². The molecule has 0 bridgehead atoms. The summed E-state index contributed by atoms with van der Waals surface area (Å²) in [5.74, 6) is -0.133. The third-order valence-corrected chi connectivity index (χ3v) is 1.34. The molecule has 0 radical (unpaired) electrons. The van der Waals surface area contributed by atoms with Crippen molar-refractivity contribution in [2.24, 2.45) is 5.92 Å². The number of nitriles is 3. The molecule has 4 nitrogen and oxygen atoms in total. The summed E-state index contributed by atoms with van der Waals surface area (Å²) >= 11 is 0. The van der Waals surface area contributed by atoms with E-state index in [2.05, 4.69) is 6.07 Å². The molecule has 0 heterocycles. The average Bonchev–Trinajstić information content (AvgIpc) is 2.05. The Balaban J connectivity index is 3.91. The maximum Gasteiger partial charge on any atom is 0.0874 e. The third kappa shape index (κ3) is 4.28. The second-order valence-electron chi connectivity index (χ2n) is 2.52. The summed E-state index contributed by atoms with van der Waals surface area (Å²) in [6, 6.07) is 5.95. The van der Waals surface area contributed by atoms with Crippen LogP contribution in [0.25, 0.3) is 0 Å². The molecule has 0 amide bonds. The van der Waals surface area contributed by atoms with E-state index in [1.165, 1.54) is 0 Å². The van der Waals surface area contributed by atoms with Crippen LogP contribution in [-0.2, 0) is 0 Å². The van der Waals surface area contributed by atoms with E-state index in [-0.39, 0.29) is 19.0 Å². The van der Waals surface area contributed by atoms with Gasteiger partial charge in [-0.2, -0.15) is 15.8 Å². The quantitative estimate of drug-likeness (QED) is 0.564. The zero-order valence-corrected chi connectivity index (χ0v) is 6.99. The van der Waals surface area contributed by atoms with E-state index >= 15 is 0 Å². The summed E-state index contributed by atoms with van der Waals surface area (Å²) in [5.41, 5.74) is 0. The van der Waals surface area contributed by atoms with Crippen LogP contribution in [0.1, 0.15) is 6.92 Å². The van der Waals surface area contributed by atoms with Gasteiger partial charge in [0.1, 0.15) is 0 Å². The van der Waals surface area contributed by atoms with Crippen molar-refractivity contribution in [3.8, 4) is 18.2 Å². The Labute approximate surface area is 72.2 Å². The topological polar surface area (TPSA) is 74.6 Å². The summed E-state index contributed by atoms with van der Waals surface area (Å²) in [4.78, 5) is 1.65. The molecule has 12 heavy (non-hydrogen) atoms. The molecule has 0 spiro atoms. The van der Waals surface area contributed by atoms with Crippen molar-refractivity contribution < 1.29 is 0 Å². The number of rotatable bonds is 4. The summed E-state index contributed by atoms with van der Waals surface area (Å²) in [6.45, 7) is 2.67. The predicted octanol–water partition coefficient (Wildman–Crippen LogP) is 0.495. The molecule has 0 aliphatic heterocycles. The normalized spacial score (nSPS) is 11.2. The van der Waals surface area contributed by atoms with Crippen LogP contribution >= 0.6 is 0 Å². The minimum atomic E-state index is -0.133. The van der Waals surface area contributed by atoms with E-state index in [4.69, 9.17) is 15.8 Å². The molecule has 1 atom stereocenters. The molecule has 0 aromatic rings. The van der Waals surface area contributed by atoms with Gasteiger partial charge >= 0.3 is 0 Å². The molecule has 4 heteroatoms. The Morgan fingerprint density at radius 2 is 1.67 bits per heavy atom. The van der Waals surface area contributed by atoms with Gasteiger partial charge in [-0.1, -0.05) is 0 Å². The van der Waals surface area contributed by atoms with Gasteiger partial charge in [0.2, 0.25) is 0 Å². The second-order valence-corrected chi connectivity index (χ2v) is 2.52. The molecule has 0 saturated heterocycles. The minimum Gasteiger partial charge on any atom is -0.276 e. The Hall–Kier alpha value is -1.57. The smallest absolute Gasteiger partial charge is 0.0874 e. The van der Waals surface area contributed by atoms with Gasteiger partial charge in [-0.15, -0.1) is 0 Å². The zero-order chi connectivity index (χ0) is 9.40. The van der Waals surface area contributed by atoms with Gasteiger partial charge in [0.05, 0.1) is 37.2 Å². The maximum atomic E-state index is 8.48. The van der Waals surface area contributed by atoms with Gasteiger partial charge in [-0.25, -0.2) is 0 Å². The van der Waals surface area contributed by atoms with E-state index in [0.717, 1.165) is 0 Å². The van der Waals surface area contributed by atoms with Crippen molar-refractivity contribution >= 4 is 0 Å². The first-order valence-electron chi connectivity index (χ1n) is 3.60. The molecule has 0 aromatic carbocycles. The van der Waals surface area contributed by atoms with Gasteiger partial charge in [0.25, 0.3) is 0 Å². The van der Waals surface area contributed by atoms with Crippen molar-refractivity contribution in [3.05, 3.63) is 0 Å². The lowest BCUT2D eigenvalue weighted by Crippen LogP contribution is -2.28. The van der Waals surface area contributed by atoms with Crippen LogP contribution in [-0.4, -0.2) is 24.5 Å². The fraction of sp³-hybridized carbons (Fsp3) is 0.625. The Bertz CT molecular complexity index is 223. The maximum absolute atomic E-state index is 8.48. The molecular formula is C8H10N4. The Morgan fingerprint density at radius 3 is 2.00 bits per heavy atom. The highest BCUT2D eigenvalue weighted by atomic mass is 15.1. The molecule has 0 fully saturated rings. The van der Waals surface area contributed by atoms with Crippen molar-refractivity contribution in [2.45, 2.75) is 6.92 Å². The highest BCUT2D eigenvalue weighted by Gasteiger charge is 2.07. The average molecular weight is 162 g/mol. The van der Waals surface area contributed by atoms with Crippen molar-refractivity contribution in [1.82, 2.24) is 4.90 Å². The number of nitrogens with zero attached hydrogens (tertiary/aromatic N) is 4. The van der Waals surface area contributed by atoms with Gasteiger partial charge in [-0.3, -0.25) is 4.90 Å². The van der Waals surface area contributed by atoms with Crippen LogP contribution in [0, 0.1) is 39.9 Å². The molecule has 0 rings (SSSR count). The summed E-state index contributed by atoms with van der Waals surface area (Å²) in [5, 5.41) is 25.2. The molecule has 1 unspecified atom stereocenters. The Kier molecular flexibility index (Phi) is 5.35. The molecule has 0 N–H and O–H groups in total. The second kappa shape index (κ2) is 6.16. The number of hydrogen-bond acceptors (Lipinski definition) is 4. The fourth-order valence-corrected chi connectivity index (χ4v) is 0.813. The Morgan fingerprint density at radius 1 is 1.17 bits per heavy atom. The van der Waals surface area contributed by atoms with E-state index < -0.39 is 0 Å². The first kappa shape index (κ1) is 10.4. The zero-order valence-electron chi connectivity index (χ0n) is 6.99. The molecule has 0 aromatic heterocycles. The summed E-state index contributed by atoms with van der Waals surface area (Å²) in [7, 11) is 0. The molecule has 0 aliphatic carbocycles. The van der Waals surface area contributed by atoms with Gasteiger partial charge < -0.3 is 0 Å². The van der Waals surface area contributed by atoms with Gasteiger partial charge in [0.15, 0.2) is 0 Å². The van der Waals surface area contributed by atoms with Crippen LogP contribution in [0.2, 0.25) is 0 Å². The van der Waals surface area contributed by atoms with Crippen LogP contribution < -0.4 is 0 Å². The molecular weight excluding hydrogens is 152 g/mol. The van der Waals surface area contributed by atoms with Crippen LogP contribution in [0.15, 0.2) is 0 Å². The van der Waals surface area contributed by atoms with E-state index in [1.807, 2.05) is 12.1 Å². The lowest BCUT2D eigenvalue weighted by atomic mass is 10.2. The monoisotopic (exact) mass is 162 g/mol. The highest BCUT2D eigenvalue weighted by Crippen LogP contribution is 1.96. The summed E-state index contributed by atoms with van der Waals surface area (Å²) in [6.07, 6.45) is 0. The van der Waals surface area contributed by atoms with Crippen LogP contribution in [0.3, 0.4) is 0 Å². The van der Waals surface area contributed by atoms with Gasteiger partial charge in [0, 0.05) is 6.54 Å². The highest BCUT2D eigenvalue weighted by molar-refractivity contribution is 4.88. The van der Waals surface area contributed by atoms with Crippen molar-refractivity contribution in [2.75, 3.05) is 19.6 Å². The summed E-state index contributed by atoms with van der Waals surface area (Å²) < 4.78 is 0. The predicted molar refractivity (Wildman–Crippen MR) is 42.4 cm³/mol. The van der Waals surface area contributed by atoms with Crippen molar-refractivity contribution in [1.29, 1.82) is 15.8 Å². The molecule has 0 aliphatic rings. The van der Waals surface area contributed by atoms with Crippen LogP contribution in [0.5, 0.6) is 0 Å². The SMILES string of the molecule is CC(C#N)CN(CC#N)CC#N. The van der Waals surface area contributed by atoms with Crippen LogP contribution in [0.4, 0.5) is 0 Å². The standard InChI is InChI=1S/C8H10N4/c1-8(6-11)7-12(4-2-9)5-3-10/h8H,4-5,7H2,1H3. The number of hydrogen-bond donors (Lipinski definition) is 0. The fourth-order valence-electron chi connectivity index (χ4n) is 0.813. The minimum absolute atomic E-state index is 0.133. The van der Waals surface area contributed by atoms with E-state index in [1.54, 1.807) is 11.8 Å². The third-order valence-electron chi connectivity index (χ3n) is 1.34. The lowest BCUT2D eigenvalue weighted by molar-refractivity contribution is 0.317. The van der Waals surface area contributed by atoms with Gasteiger partial charge in [-0.05, 0) is 6.92 Å². The first-order chi connectivity index (χ1) is 5.74. The molecule has 0 saturated carbocycles. The molecule has 62 valence electrons. The largest absolute Gasteiger partial charge is 0.276 e.